The molecule has 242 valence electrons. The molecule has 0 bridgehead atoms. The van der Waals surface area contributed by atoms with Gasteiger partial charge >= 0.3 is 0 Å². The molecule has 1 aliphatic carbocycles. The number of hydrogen-bond donors (Lipinski definition) is 1. The predicted octanol–water partition coefficient (Wildman–Crippen LogP) is 6.33. The van der Waals surface area contributed by atoms with Gasteiger partial charge in [-0.3, -0.25) is 4.99 Å². The van der Waals surface area contributed by atoms with Crippen molar-refractivity contribution in [3.63, 3.8) is 0 Å². The minimum absolute atomic E-state index is 0.0378. The molecule has 3 aromatic carbocycles. The highest BCUT2D eigenvalue weighted by Gasteiger charge is 2.37. The van der Waals surface area contributed by atoms with Gasteiger partial charge in [-0.2, -0.15) is 0 Å². The number of benzene rings is 4. The van der Waals surface area contributed by atoms with E-state index in [1.165, 1.54) is 18.2 Å². The highest BCUT2D eigenvalue weighted by Crippen LogP contribution is 2.43. The minimum atomic E-state index is -5.88. The van der Waals surface area contributed by atoms with E-state index in [4.69, 9.17) is 4.42 Å². The van der Waals surface area contributed by atoms with E-state index in [1.54, 1.807) is 30.3 Å². The second-order valence-electron chi connectivity index (χ2n) is 9.97. The van der Waals surface area contributed by atoms with Crippen LogP contribution in [0.1, 0.15) is 20.8 Å². The zero-order valence-corrected chi connectivity index (χ0v) is 26.2. The van der Waals surface area contributed by atoms with Gasteiger partial charge in [-0.25, -0.2) is 38.8 Å². The van der Waals surface area contributed by atoms with Crippen molar-refractivity contribution in [2.45, 2.75) is 30.6 Å². The number of halogens is 5. The monoisotopic (exact) mass is 679 g/mol. The average molecular weight is 680 g/mol. The molecule has 2 aliphatic rings. The van der Waals surface area contributed by atoms with Gasteiger partial charge in [0.25, 0.3) is 20.0 Å². The van der Waals surface area contributed by atoms with Gasteiger partial charge in [0.05, 0.1) is 10.3 Å². The molecule has 0 atom stereocenters. The average Bonchev–Trinajstić information content (AvgIpc) is 3.01. The lowest BCUT2D eigenvalue weighted by Gasteiger charge is -2.23. The Morgan fingerprint density at radius 2 is 1.37 bits per heavy atom. The summed E-state index contributed by atoms with van der Waals surface area (Å²) >= 11 is 0. The molecule has 3 aromatic rings. The molecule has 0 unspecified atom stereocenters. The molecule has 1 heterocycles. The molecule has 0 amide bonds. The fourth-order valence-corrected chi connectivity index (χ4v) is 8.40. The van der Waals surface area contributed by atoms with Gasteiger partial charge in [0.2, 0.25) is 5.82 Å². The number of nitrogens with one attached hydrogen (secondary N) is 1. The Kier molecular flexibility index (Phi) is 8.94. The van der Waals surface area contributed by atoms with Crippen LogP contribution in [0.15, 0.2) is 79.9 Å². The van der Waals surface area contributed by atoms with E-state index in [2.05, 4.69) is 9.89 Å². The van der Waals surface area contributed by atoms with Crippen LogP contribution in [-0.2, 0) is 20.0 Å². The summed E-state index contributed by atoms with van der Waals surface area (Å²) in [5.74, 6) is -12.8. The summed E-state index contributed by atoms with van der Waals surface area (Å²) in [5, 5.41) is 1.02. The van der Waals surface area contributed by atoms with Crippen molar-refractivity contribution in [1.29, 1.82) is 0 Å². The van der Waals surface area contributed by atoms with Gasteiger partial charge in [-0.05, 0) is 51.1 Å². The summed E-state index contributed by atoms with van der Waals surface area (Å²) in [7, 11) is -11.1. The van der Waals surface area contributed by atoms with Gasteiger partial charge in [0, 0.05) is 59.5 Å². The maximum absolute atomic E-state index is 14.4. The summed E-state index contributed by atoms with van der Waals surface area (Å²) in [4.78, 5) is 3.46. The topological polar surface area (TPSA) is 109 Å². The van der Waals surface area contributed by atoms with Gasteiger partial charge in [0.15, 0.2) is 28.2 Å². The van der Waals surface area contributed by atoms with E-state index in [-0.39, 0.29) is 5.56 Å². The summed E-state index contributed by atoms with van der Waals surface area (Å²) in [6.07, 6.45) is 0. The predicted molar refractivity (Wildman–Crippen MR) is 162 cm³/mol. The maximum Gasteiger partial charge on any atom is 0.259 e. The lowest BCUT2D eigenvalue weighted by atomic mass is 9.93. The number of fused-ring (bicyclic) bond motifs is 2. The zero-order valence-electron chi connectivity index (χ0n) is 24.5. The van der Waals surface area contributed by atoms with E-state index < -0.39 is 58.9 Å². The van der Waals surface area contributed by atoms with Crippen LogP contribution in [-0.4, -0.2) is 36.5 Å². The van der Waals surface area contributed by atoms with Crippen LogP contribution in [0, 0.1) is 29.1 Å². The Labute approximate surface area is 261 Å². The largest absolute Gasteiger partial charge is 0.456 e. The first-order chi connectivity index (χ1) is 21.7. The molecule has 0 spiro atoms. The Hall–Kier alpha value is -4.34. The number of sulfonamides is 2. The fourth-order valence-electron chi connectivity index (χ4n) is 5.18. The standard InChI is InChI=1S/C31H26F5N3O5S2/c1-4-37-17-11-13-19-22(15-17)44-23-16-18(39(5-2)6-3)12-14-20(23)25(19)21-9-7-8-10-24(21)45(40,41)38-46(42,43)31-29(35)27(33)26(32)28(34)30(31)36/h7-16,38H,4-6H2,1-3H3/b37-17+. The molecule has 0 saturated carbocycles. The molecule has 0 radical (unpaired) electrons. The number of hydrogen-bond acceptors (Lipinski definition) is 7. The van der Waals surface area contributed by atoms with E-state index in [0.717, 1.165) is 15.9 Å². The third-order valence-electron chi connectivity index (χ3n) is 7.26. The molecule has 46 heavy (non-hydrogen) atoms. The van der Waals surface area contributed by atoms with Gasteiger partial charge in [-0.1, -0.05) is 18.2 Å². The van der Waals surface area contributed by atoms with Crippen LogP contribution in [0.4, 0.5) is 27.6 Å². The quantitative estimate of drug-likeness (QED) is 0.0844. The molecule has 5 rings (SSSR count). The Morgan fingerprint density at radius 1 is 0.739 bits per heavy atom. The molecule has 0 saturated heterocycles. The first kappa shape index (κ1) is 33.0. The van der Waals surface area contributed by atoms with E-state index in [1.807, 2.05) is 26.8 Å². The van der Waals surface area contributed by atoms with Crippen LogP contribution < -0.4 is 14.4 Å². The van der Waals surface area contributed by atoms with Crippen molar-refractivity contribution in [3.05, 3.63) is 95.1 Å². The number of anilines is 1. The molecule has 1 N–H and O–H groups in total. The van der Waals surface area contributed by atoms with E-state index in [0.29, 0.717) is 52.8 Å². The van der Waals surface area contributed by atoms with E-state index >= 15 is 0 Å². The van der Waals surface area contributed by atoms with Gasteiger partial charge < -0.3 is 9.32 Å². The van der Waals surface area contributed by atoms with Crippen LogP contribution in [0.5, 0.6) is 0 Å². The smallest absolute Gasteiger partial charge is 0.259 e. The molecule has 15 heteroatoms. The highest BCUT2D eigenvalue weighted by molar-refractivity contribution is 8.04. The van der Waals surface area contributed by atoms with Crippen molar-refractivity contribution in [3.8, 4) is 22.5 Å². The fraction of sp³-hybridized carbons (Fsp3) is 0.194. The summed E-state index contributed by atoms with van der Waals surface area (Å²) in [6, 6.07) is 15.5. The Bertz CT molecular complexity index is 2220. The number of nitrogens with zero attached hydrogens (tertiary/aromatic N) is 2. The lowest BCUT2D eigenvalue weighted by molar-refractivity contribution is 0.357. The van der Waals surface area contributed by atoms with Crippen molar-refractivity contribution >= 4 is 36.7 Å². The van der Waals surface area contributed by atoms with Gasteiger partial charge in [0.1, 0.15) is 11.3 Å². The maximum atomic E-state index is 14.4. The minimum Gasteiger partial charge on any atom is -0.456 e. The molecular formula is C31H26F5N3O5S2. The van der Waals surface area contributed by atoms with Crippen LogP contribution in [0.3, 0.4) is 0 Å². The SMILES string of the molecule is CC/N=c1\ccc2c(-c3ccccc3S(=O)(=O)NS(=O)(=O)c3c(F)c(F)c(F)c(F)c3F)c3ccc(N(CC)CC)cc3oc-2c1. The normalized spacial score (nSPS) is 12.7. The van der Waals surface area contributed by atoms with E-state index in [9.17, 15) is 38.8 Å². The van der Waals surface area contributed by atoms with Crippen LogP contribution in [0.2, 0.25) is 0 Å². The molecule has 0 fully saturated rings. The number of rotatable bonds is 9. The zero-order chi connectivity index (χ0) is 33.6. The molecule has 0 aromatic heterocycles. The lowest BCUT2D eigenvalue weighted by Crippen LogP contribution is -2.33. The third-order valence-corrected chi connectivity index (χ3v) is 10.8. The summed E-state index contributed by atoms with van der Waals surface area (Å²) in [6.45, 7) is 7.65. The van der Waals surface area contributed by atoms with Crippen molar-refractivity contribution in [2.24, 2.45) is 4.99 Å². The second-order valence-corrected chi connectivity index (χ2v) is 13.5. The summed E-state index contributed by atoms with van der Waals surface area (Å²) in [5.41, 5.74) is 1.86. The highest BCUT2D eigenvalue weighted by atomic mass is 32.3. The second kappa shape index (κ2) is 12.5. The van der Waals surface area contributed by atoms with Crippen molar-refractivity contribution in [2.75, 3.05) is 24.5 Å². The van der Waals surface area contributed by atoms with Crippen LogP contribution >= 0.6 is 0 Å². The molecule has 1 aliphatic heterocycles. The third kappa shape index (κ3) is 5.74. The molecular weight excluding hydrogens is 653 g/mol. The Balaban J connectivity index is 1.77. The first-order valence-electron chi connectivity index (χ1n) is 13.9. The van der Waals surface area contributed by atoms with Crippen molar-refractivity contribution < 1.29 is 43.2 Å². The van der Waals surface area contributed by atoms with Gasteiger partial charge in [-0.15, -0.1) is 4.13 Å². The summed E-state index contributed by atoms with van der Waals surface area (Å²) < 4.78 is 131. The van der Waals surface area contributed by atoms with Crippen LogP contribution in [0.25, 0.3) is 33.4 Å². The molecule has 8 nitrogen and oxygen atoms in total. The first-order valence-corrected chi connectivity index (χ1v) is 16.9. The Morgan fingerprint density at radius 3 is 2.00 bits per heavy atom. The van der Waals surface area contributed by atoms with Crippen molar-refractivity contribution in [1.82, 2.24) is 4.13 Å².